The second-order valence-corrected chi connectivity index (χ2v) is 3.97. The summed E-state index contributed by atoms with van der Waals surface area (Å²) >= 11 is 0. The number of methoxy groups -OCH3 is 1. The summed E-state index contributed by atoms with van der Waals surface area (Å²) in [6, 6.07) is 0. The van der Waals surface area contributed by atoms with Crippen LogP contribution in [-0.2, 0) is 23.5 Å². The van der Waals surface area contributed by atoms with Gasteiger partial charge in [0, 0.05) is 14.0 Å². The molecule has 0 aromatic carbocycles. The van der Waals surface area contributed by atoms with Gasteiger partial charge in [0.1, 0.15) is 0 Å². The van der Waals surface area contributed by atoms with Crippen molar-refractivity contribution in [2.24, 2.45) is 0 Å². The molecule has 0 rings (SSSR count). The van der Waals surface area contributed by atoms with Gasteiger partial charge in [-0.05, 0) is 14.1 Å². The standard InChI is InChI=1S/C6H15NO5S/c1-6(10-4,7(2)3)12-13(8,9)11-5/h1-5H3. The Morgan fingerprint density at radius 1 is 1.23 bits per heavy atom. The quantitative estimate of drug-likeness (QED) is 0.588. The molecule has 0 spiro atoms. The van der Waals surface area contributed by atoms with Crippen LogP contribution in [0.15, 0.2) is 0 Å². The highest BCUT2D eigenvalue weighted by molar-refractivity contribution is 7.81. The minimum absolute atomic E-state index is 1.01. The first-order chi connectivity index (χ1) is 5.77. The van der Waals surface area contributed by atoms with Gasteiger partial charge in [-0.25, -0.2) is 0 Å². The highest BCUT2D eigenvalue weighted by Gasteiger charge is 2.34. The van der Waals surface area contributed by atoms with Crippen molar-refractivity contribution in [3.05, 3.63) is 0 Å². The lowest BCUT2D eigenvalue weighted by Crippen LogP contribution is -2.47. The maximum absolute atomic E-state index is 10.9. The third-order valence-electron chi connectivity index (χ3n) is 1.65. The molecule has 1 unspecified atom stereocenters. The molecule has 0 heterocycles. The van der Waals surface area contributed by atoms with Crippen LogP contribution in [0, 0.1) is 0 Å². The fourth-order valence-corrected chi connectivity index (χ4v) is 1.18. The third-order valence-corrected chi connectivity index (χ3v) is 2.57. The predicted molar refractivity (Wildman–Crippen MR) is 46.1 cm³/mol. The van der Waals surface area contributed by atoms with Gasteiger partial charge in [0.25, 0.3) is 0 Å². The summed E-state index contributed by atoms with van der Waals surface area (Å²) in [7, 11) is 1.59. The first-order valence-corrected chi connectivity index (χ1v) is 4.84. The van der Waals surface area contributed by atoms with Gasteiger partial charge < -0.3 is 4.74 Å². The zero-order chi connectivity index (χ0) is 10.7. The number of hydrogen-bond donors (Lipinski definition) is 0. The number of nitrogens with zero attached hydrogens (tertiary/aromatic N) is 1. The predicted octanol–water partition coefficient (Wildman–Crippen LogP) is -0.224. The molecule has 0 aliphatic carbocycles. The Kier molecular flexibility index (Phi) is 4.27. The lowest BCUT2D eigenvalue weighted by molar-refractivity contribution is -0.234. The molecule has 0 bridgehead atoms. The van der Waals surface area contributed by atoms with Gasteiger partial charge in [-0.15, -0.1) is 0 Å². The van der Waals surface area contributed by atoms with Gasteiger partial charge in [0.2, 0.25) is 5.91 Å². The smallest absolute Gasteiger partial charge is 0.340 e. The van der Waals surface area contributed by atoms with Crippen LogP contribution >= 0.6 is 0 Å². The second kappa shape index (κ2) is 4.34. The first-order valence-electron chi connectivity index (χ1n) is 3.51. The molecule has 6 nitrogen and oxygen atoms in total. The van der Waals surface area contributed by atoms with Crippen molar-refractivity contribution in [1.29, 1.82) is 0 Å². The average molecular weight is 213 g/mol. The topological polar surface area (TPSA) is 65.1 Å². The summed E-state index contributed by atoms with van der Waals surface area (Å²) in [5.41, 5.74) is 0. The van der Waals surface area contributed by atoms with Crippen molar-refractivity contribution in [2.75, 3.05) is 28.3 Å². The normalized spacial score (nSPS) is 17.4. The Bertz CT molecular complexity index is 250. The summed E-state index contributed by atoms with van der Waals surface area (Å²) in [6.07, 6.45) is 0. The van der Waals surface area contributed by atoms with E-state index in [1.165, 1.54) is 18.9 Å². The Balaban J connectivity index is 4.65. The minimum atomic E-state index is -4.00. The van der Waals surface area contributed by atoms with E-state index in [1.54, 1.807) is 14.1 Å². The Morgan fingerprint density at radius 3 is 1.92 bits per heavy atom. The van der Waals surface area contributed by atoms with Gasteiger partial charge in [0.05, 0.1) is 7.11 Å². The highest BCUT2D eigenvalue weighted by Crippen LogP contribution is 2.17. The molecule has 0 N–H and O–H groups in total. The molecule has 0 aliphatic rings. The molecule has 1 atom stereocenters. The molecule has 80 valence electrons. The molecule has 0 radical (unpaired) electrons. The largest absolute Gasteiger partial charge is 0.403 e. The first kappa shape index (κ1) is 12.8. The van der Waals surface area contributed by atoms with Crippen LogP contribution in [0.4, 0.5) is 0 Å². The SMILES string of the molecule is COC(C)(OS(=O)(=O)OC)N(C)C. The van der Waals surface area contributed by atoms with Crippen molar-refractivity contribution in [3.63, 3.8) is 0 Å². The van der Waals surface area contributed by atoms with E-state index in [-0.39, 0.29) is 0 Å². The van der Waals surface area contributed by atoms with Gasteiger partial charge in [-0.1, -0.05) is 0 Å². The van der Waals surface area contributed by atoms with Crippen LogP contribution < -0.4 is 0 Å². The maximum Gasteiger partial charge on any atom is 0.403 e. The molecule has 13 heavy (non-hydrogen) atoms. The summed E-state index contributed by atoms with van der Waals surface area (Å²) in [6.45, 7) is 1.46. The number of rotatable bonds is 5. The van der Waals surface area contributed by atoms with E-state index in [2.05, 4.69) is 8.37 Å². The van der Waals surface area contributed by atoms with E-state index in [9.17, 15) is 8.42 Å². The molecule has 0 aliphatic heterocycles. The summed E-state index contributed by atoms with van der Waals surface area (Å²) in [5.74, 6) is -1.35. The van der Waals surface area contributed by atoms with Gasteiger partial charge in [-0.3, -0.25) is 9.08 Å². The van der Waals surface area contributed by atoms with E-state index in [1.807, 2.05) is 0 Å². The Labute approximate surface area is 78.7 Å². The van der Waals surface area contributed by atoms with Gasteiger partial charge in [0.15, 0.2) is 0 Å². The number of hydrogen-bond acceptors (Lipinski definition) is 6. The van der Waals surface area contributed by atoms with Crippen LogP contribution in [0.1, 0.15) is 6.92 Å². The van der Waals surface area contributed by atoms with Crippen molar-refractivity contribution < 1.29 is 21.5 Å². The monoisotopic (exact) mass is 213 g/mol. The average Bonchev–Trinajstić information content (AvgIpc) is 2.03. The zero-order valence-corrected chi connectivity index (χ0v) is 9.21. The molecule has 0 fully saturated rings. The molecule has 0 saturated heterocycles. The van der Waals surface area contributed by atoms with Crippen LogP contribution in [0.3, 0.4) is 0 Å². The van der Waals surface area contributed by atoms with Crippen LogP contribution in [0.25, 0.3) is 0 Å². The van der Waals surface area contributed by atoms with Gasteiger partial charge in [-0.2, -0.15) is 12.6 Å². The lowest BCUT2D eigenvalue weighted by Gasteiger charge is -2.32. The lowest BCUT2D eigenvalue weighted by atomic mass is 10.5. The van der Waals surface area contributed by atoms with Crippen molar-refractivity contribution in [1.82, 2.24) is 4.90 Å². The molecule has 0 saturated carbocycles. The molecule has 0 aromatic rings. The summed E-state index contributed by atoms with van der Waals surface area (Å²) in [4.78, 5) is 1.46. The fourth-order valence-electron chi connectivity index (χ4n) is 0.515. The molecule has 0 amide bonds. The van der Waals surface area contributed by atoms with Crippen LogP contribution in [0.2, 0.25) is 0 Å². The van der Waals surface area contributed by atoms with Crippen molar-refractivity contribution >= 4 is 10.4 Å². The summed E-state index contributed by atoms with van der Waals surface area (Å²) < 4.78 is 35.5. The molecule has 7 heteroatoms. The second-order valence-electron chi connectivity index (χ2n) is 2.65. The highest BCUT2D eigenvalue weighted by atomic mass is 32.3. The Morgan fingerprint density at radius 2 is 1.69 bits per heavy atom. The third kappa shape index (κ3) is 3.57. The van der Waals surface area contributed by atoms with E-state index < -0.39 is 16.3 Å². The van der Waals surface area contributed by atoms with Crippen molar-refractivity contribution in [2.45, 2.75) is 12.8 Å². The zero-order valence-electron chi connectivity index (χ0n) is 8.40. The molecular formula is C6H15NO5S. The van der Waals surface area contributed by atoms with E-state index in [0.717, 1.165) is 7.11 Å². The maximum atomic E-state index is 10.9. The molecule has 0 aromatic heterocycles. The van der Waals surface area contributed by atoms with Crippen molar-refractivity contribution in [3.8, 4) is 0 Å². The summed E-state index contributed by atoms with van der Waals surface area (Å²) in [5, 5.41) is 0. The number of ether oxygens (including phenoxy) is 1. The van der Waals surface area contributed by atoms with Crippen LogP contribution in [0.5, 0.6) is 0 Å². The minimum Gasteiger partial charge on any atom is -0.340 e. The fraction of sp³-hybridized carbons (Fsp3) is 1.00. The van der Waals surface area contributed by atoms with E-state index in [0.29, 0.717) is 0 Å². The van der Waals surface area contributed by atoms with E-state index >= 15 is 0 Å². The van der Waals surface area contributed by atoms with Gasteiger partial charge >= 0.3 is 10.4 Å². The van der Waals surface area contributed by atoms with Crippen LogP contribution in [-0.4, -0.2) is 47.5 Å². The molecular weight excluding hydrogens is 198 g/mol. The Hall–Kier alpha value is -0.210. The van der Waals surface area contributed by atoms with E-state index in [4.69, 9.17) is 4.74 Å².